The van der Waals surface area contributed by atoms with E-state index in [2.05, 4.69) is 25.3 Å². The molecule has 1 fully saturated rings. The molecule has 1 saturated carbocycles. The van der Waals surface area contributed by atoms with E-state index in [1.54, 1.807) is 30.6 Å². The third-order valence-electron chi connectivity index (χ3n) is 4.54. The van der Waals surface area contributed by atoms with Gasteiger partial charge in [0.05, 0.1) is 11.1 Å². The number of primary amides is 1. The van der Waals surface area contributed by atoms with Gasteiger partial charge < -0.3 is 11.1 Å². The predicted molar refractivity (Wildman–Crippen MR) is 97.0 cm³/mol. The molecule has 27 heavy (non-hydrogen) atoms. The quantitative estimate of drug-likeness (QED) is 0.641. The van der Waals surface area contributed by atoms with Crippen molar-refractivity contribution in [1.82, 2.24) is 19.9 Å². The highest BCUT2D eigenvalue weighted by molar-refractivity contribution is 6.09. The molecule has 134 valence electrons. The average Bonchev–Trinajstić information content (AvgIpc) is 3.49. The summed E-state index contributed by atoms with van der Waals surface area (Å²) in [6.07, 6.45) is 9.84. The number of aromatic nitrogens is 4. The Kier molecular flexibility index (Phi) is 4.08. The van der Waals surface area contributed by atoms with Gasteiger partial charge in [0.1, 0.15) is 6.33 Å². The second-order valence-corrected chi connectivity index (χ2v) is 6.40. The Morgan fingerprint density at radius 2 is 1.63 bits per heavy atom. The molecule has 0 spiro atoms. The summed E-state index contributed by atoms with van der Waals surface area (Å²) >= 11 is 0. The van der Waals surface area contributed by atoms with E-state index in [0.717, 1.165) is 18.4 Å². The zero-order valence-corrected chi connectivity index (χ0v) is 14.3. The van der Waals surface area contributed by atoms with E-state index in [4.69, 9.17) is 5.73 Å². The van der Waals surface area contributed by atoms with E-state index in [1.807, 2.05) is 0 Å². The second-order valence-electron chi connectivity index (χ2n) is 6.40. The molecule has 0 saturated heterocycles. The Hall–Kier alpha value is -3.68. The fourth-order valence-electron chi connectivity index (χ4n) is 2.86. The number of rotatable bonds is 6. The van der Waals surface area contributed by atoms with Gasteiger partial charge in [0, 0.05) is 41.5 Å². The van der Waals surface area contributed by atoms with E-state index < -0.39 is 5.91 Å². The van der Waals surface area contributed by atoms with Crippen LogP contribution in [0, 0.1) is 0 Å². The summed E-state index contributed by atoms with van der Waals surface area (Å²) in [6.45, 7) is 0. The lowest BCUT2D eigenvalue weighted by atomic mass is 10.0. The summed E-state index contributed by atoms with van der Waals surface area (Å²) in [6, 6.07) is 6.26. The van der Waals surface area contributed by atoms with Gasteiger partial charge in [0.15, 0.2) is 5.78 Å². The number of nitrogens with one attached hydrogen (secondary N) is 1. The lowest BCUT2D eigenvalue weighted by Gasteiger charge is -2.16. The predicted octanol–water partition coefficient (Wildman–Crippen LogP) is 1.70. The molecule has 0 atom stereocenters. The summed E-state index contributed by atoms with van der Waals surface area (Å²) in [4.78, 5) is 40.5. The number of nitrogens with zero attached hydrogens (tertiary/aromatic N) is 4. The van der Waals surface area contributed by atoms with Crippen molar-refractivity contribution < 1.29 is 9.59 Å². The molecule has 8 heteroatoms. The summed E-state index contributed by atoms with van der Waals surface area (Å²) in [7, 11) is 0. The molecule has 0 unspecified atom stereocenters. The first-order valence-corrected chi connectivity index (χ1v) is 8.38. The van der Waals surface area contributed by atoms with Crippen LogP contribution in [0.4, 0.5) is 5.95 Å². The van der Waals surface area contributed by atoms with Crippen molar-refractivity contribution in [2.24, 2.45) is 5.73 Å². The van der Waals surface area contributed by atoms with E-state index >= 15 is 0 Å². The zero-order chi connectivity index (χ0) is 18.9. The second kappa shape index (κ2) is 6.56. The Labute approximate surface area is 154 Å². The van der Waals surface area contributed by atoms with E-state index in [9.17, 15) is 9.59 Å². The molecule has 1 amide bonds. The smallest absolute Gasteiger partial charge is 0.248 e. The van der Waals surface area contributed by atoms with E-state index in [-0.39, 0.29) is 16.9 Å². The number of hydrogen-bond donors (Lipinski definition) is 2. The van der Waals surface area contributed by atoms with Crippen LogP contribution in [-0.4, -0.2) is 31.6 Å². The van der Waals surface area contributed by atoms with Crippen molar-refractivity contribution in [1.29, 1.82) is 0 Å². The van der Waals surface area contributed by atoms with Gasteiger partial charge in [-0.25, -0.2) is 19.9 Å². The summed E-state index contributed by atoms with van der Waals surface area (Å²) in [5.41, 5.74) is 6.96. The first-order chi connectivity index (χ1) is 13.1. The van der Waals surface area contributed by atoms with Crippen LogP contribution in [0.25, 0.3) is 0 Å². The van der Waals surface area contributed by atoms with Crippen LogP contribution in [0.2, 0.25) is 0 Å². The van der Waals surface area contributed by atoms with Gasteiger partial charge >= 0.3 is 0 Å². The summed E-state index contributed by atoms with van der Waals surface area (Å²) in [5.74, 6) is -0.430. The summed E-state index contributed by atoms with van der Waals surface area (Å²) < 4.78 is 0. The SMILES string of the molecule is NC(=O)c1cccc(C(=O)c2cnc(NC3(c4cncnc4)CC3)nc2)c1. The number of anilines is 1. The van der Waals surface area contributed by atoms with E-state index in [1.165, 1.54) is 24.8 Å². The lowest BCUT2D eigenvalue weighted by Crippen LogP contribution is -2.21. The number of carbonyl (C=O) groups is 2. The first-order valence-electron chi connectivity index (χ1n) is 8.38. The third kappa shape index (κ3) is 3.37. The Morgan fingerprint density at radius 1 is 0.963 bits per heavy atom. The molecule has 2 heterocycles. The maximum atomic E-state index is 12.6. The first kappa shape index (κ1) is 16.8. The lowest BCUT2D eigenvalue weighted by molar-refractivity contribution is 0.1000. The molecule has 3 N–H and O–H groups in total. The third-order valence-corrected chi connectivity index (χ3v) is 4.54. The van der Waals surface area contributed by atoms with Gasteiger partial charge in [-0.05, 0) is 25.0 Å². The van der Waals surface area contributed by atoms with Crippen molar-refractivity contribution in [3.05, 3.63) is 77.6 Å². The van der Waals surface area contributed by atoms with Crippen LogP contribution in [0.15, 0.2) is 55.4 Å². The Balaban J connectivity index is 1.52. The Morgan fingerprint density at radius 3 is 2.26 bits per heavy atom. The molecule has 1 aliphatic carbocycles. The minimum absolute atomic E-state index is 0.247. The van der Waals surface area contributed by atoms with Crippen molar-refractivity contribution in [2.45, 2.75) is 18.4 Å². The highest BCUT2D eigenvalue weighted by Crippen LogP contribution is 2.47. The van der Waals surface area contributed by atoms with Crippen molar-refractivity contribution in [3.8, 4) is 0 Å². The maximum Gasteiger partial charge on any atom is 0.248 e. The van der Waals surface area contributed by atoms with Gasteiger partial charge in [-0.2, -0.15) is 0 Å². The standard InChI is InChI=1S/C19H16N6O2/c20-17(27)13-3-1-2-12(6-13)16(26)14-7-23-18(24-8-14)25-19(4-5-19)15-9-21-11-22-10-15/h1-3,6-11H,4-5H2,(H2,20,27)(H,23,24,25). The van der Waals surface area contributed by atoms with Crippen molar-refractivity contribution >= 4 is 17.6 Å². The van der Waals surface area contributed by atoms with Crippen LogP contribution in [-0.2, 0) is 5.54 Å². The Bertz CT molecular complexity index is 1000. The molecule has 3 aromatic rings. The van der Waals surface area contributed by atoms with Gasteiger partial charge in [0.2, 0.25) is 11.9 Å². The minimum atomic E-state index is -0.583. The fraction of sp³-hybridized carbons (Fsp3) is 0.158. The normalized spacial score (nSPS) is 14.4. The van der Waals surface area contributed by atoms with Crippen molar-refractivity contribution in [2.75, 3.05) is 5.32 Å². The average molecular weight is 360 g/mol. The molecular weight excluding hydrogens is 344 g/mol. The highest BCUT2D eigenvalue weighted by atomic mass is 16.1. The van der Waals surface area contributed by atoms with Crippen LogP contribution in [0.1, 0.15) is 44.7 Å². The van der Waals surface area contributed by atoms with Gasteiger partial charge in [-0.1, -0.05) is 12.1 Å². The highest BCUT2D eigenvalue weighted by Gasteiger charge is 2.45. The fourth-order valence-corrected chi connectivity index (χ4v) is 2.86. The molecular formula is C19H16N6O2. The topological polar surface area (TPSA) is 124 Å². The molecule has 0 aliphatic heterocycles. The number of amides is 1. The molecule has 4 rings (SSSR count). The number of benzene rings is 1. The maximum absolute atomic E-state index is 12.6. The van der Waals surface area contributed by atoms with Crippen LogP contribution in [0.3, 0.4) is 0 Å². The molecule has 8 nitrogen and oxygen atoms in total. The molecule has 0 radical (unpaired) electrons. The van der Waals surface area contributed by atoms with Gasteiger partial charge in [0.25, 0.3) is 0 Å². The zero-order valence-electron chi connectivity index (χ0n) is 14.3. The number of hydrogen-bond acceptors (Lipinski definition) is 7. The number of nitrogens with two attached hydrogens (primary N) is 1. The van der Waals surface area contributed by atoms with Crippen LogP contribution < -0.4 is 11.1 Å². The molecule has 1 aromatic carbocycles. The van der Waals surface area contributed by atoms with Gasteiger partial charge in [-0.3, -0.25) is 9.59 Å². The number of carbonyl (C=O) groups excluding carboxylic acids is 2. The molecule has 1 aliphatic rings. The molecule has 2 aromatic heterocycles. The number of ketones is 1. The van der Waals surface area contributed by atoms with E-state index in [0.29, 0.717) is 17.1 Å². The van der Waals surface area contributed by atoms with Gasteiger partial charge in [-0.15, -0.1) is 0 Å². The monoisotopic (exact) mass is 360 g/mol. The summed E-state index contributed by atoms with van der Waals surface area (Å²) in [5, 5.41) is 3.30. The minimum Gasteiger partial charge on any atom is -0.366 e. The largest absolute Gasteiger partial charge is 0.366 e. The van der Waals surface area contributed by atoms with Crippen molar-refractivity contribution in [3.63, 3.8) is 0 Å². The van der Waals surface area contributed by atoms with Crippen LogP contribution in [0.5, 0.6) is 0 Å². The van der Waals surface area contributed by atoms with Crippen LogP contribution >= 0.6 is 0 Å². The molecule has 0 bridgehead atoms.